The van der Waals surface area contributed by atoms with E-state index in [0.29, 0.717) is 22.8 Å². The van der Waals surface area contributed by atoms with Crippen molar-refractivity contribution in [2.24, 2.45) is 5.41 Å². The summed E-state index contributed by atoms with van der Waals surface area (Å²) in [6, 6.07) is 12.7. The Morgan fingerprint density at radius 1 is 1.06 bits per heavy atom. The van der Waals surface area contributed by atoms with Crippen molar-refractivity contribution in [3.05, 3.63) is 72.4 Å². The normalized spacial score (nSPS) is 11.4. The third-order valence-corrected chi connectivity index (χ3v) is 5.28. The molecule has 0 aliphatic carbocycles. The fourth-order valence-electron chi connectivity index (χ4n) is 3.19. The molecule has 0 saturated carbocycles. The maximum absolute atomic E-state index is 14.9. The van der Waals surface area contributed by atoms with Crippen molar-refractivity contribution in [2.45, 2.75) is 20.8 Å². The number of carbonyl (C=O) groups is 1. The van der Waals surface area contributed by atoms with E-state index in [2.05, 4.69) is 19.9 Å². The van der Waals surface area contributed by atoms with Crippen LogP contribution in [0, 0.1) is 18.2 Å². The summed E-state index contributed by atoms with van der Waals surface area (Å²) < 4.78 is 20.5. The molecule has 0 aliphatic rings. The first-order valence-electron chi connectivity index (χ1n) is 10.3. The number of aromatic amines is 1. The standard InChI is InChI=1S/C25H23FN4O3/c1-15-9-21(33-14-25(2,3)24(31)32)27-12-18(15)17-10-19(26)22(28-11-17)23-29-13-20(30-23)16-7-5-4-6-8-16/h4-13H,14H2,1-3H3,(H,29,30)(H,31,32). The number of aliphatic carboxylic acids is 1. The number of aryl methyl sites for hydroxylation is 1. The molecule has 3 aromatic heterocycles. The number of benzene rings is 1. The SMILES string of the molecule is Cc1cc(OCC(C)(C)C(=O)O)ncc1-c1cnc(-c2ncc(-c3ccccc3)[nH]2)c(F)c1. The number of nitrogens with one attached hydrogen (secondary N) is 1. The quantitative estimate of drug-likeness (QED) is 0.408. The zero-order chi connectivity index (χ0) is 23.6. The Hall–Kier alpha value is -4.07. The predicted octanol–water partition coefficient (Wildman–Crippen LogP) is 5.14. The minimum Gasteiger partial charge on any atom is -0.481 e. The van der Waals surface area contributed by atoms with Gasteiger partial charge in [0.1, 0.15) is 12.3 Å². The van der Waals surface area contributed by atoms with Gasteiger partial charge in [0.05, 0.1) is 17.3 Å². The van der Waals surface area contributed by atoms with E-state index in [-0.39, 0.29) is 12.3 Å². The van der Waals surface area contributed by atoms with Crippen LogP contribution >= 0.6 is 0 Å². The van der Waals surface area contributed by atoms with Crippen LogP contribution in [0.4, 0.5) is 4.39 Å². The van der Waals surface area contributed by atoms with Crippen LogP contribution < -0.4 is 4.74 Å². The molecule has 33 heavy (non-hydrogen) atoms. The van der Waals surface area contributed by atoms with E-state index < -0.39 is 17.2 Å². The van der Waals surface area contributed by atoms with Crippen molar-refractivity contribution in [1.29, 1.82) is 0 Å². The Morgan fingerprint density at radius 3 is 2.48 bits per heavy atom. The number of aromatic nitrogens is 4. The van der Waals surface area contributed by atoms with Gasteiger partial charge in [-0.15, -0.1) is 0 Å². The van der Waals surface area contributed by atoms with E-state index in [1.165, 1.54) is 6.07 Å². The largest absolute Gasteiger partial charge is 0.481 e. The van der Waals surface area contributed by atoms with Crippen molar-refractivity contribution < 1.29 is 19.0 Å². The molecule has 0 saturated heterocycles. The van der Waals surface area contributed by atoms with Crippen LogP contribution in [-0.4, -0.2) is 37.6 Å². The summed E-state index contributed by atoms with van der Waals surface area (Å²) in [4.78, 5) is 27.2. The lowest BCUT2D eigenvalue weighted by Gasteiger charge is -2.19. The lowest BCUT2D eigenvalue weighted by atomic mass is 9.95. The first-order chi connectivity index (χ1) is 15.7. The molecule has 0 radical (unpaired) electrons. The molecule has 2 N–H and O–H groups in total. The molecular formula is C25H23FN4O3. The van der Waals surface area contributed by atoms with Gasteiger partial charge in [0.25, 0.3) is 0 Å². The number of ether oxygens (including phenoxy) is 1. The third kappa shape index (κ3) is 4.74. The molecule has 0 aliphatic heterocycles. The number of carboxylic acids is 1. The van der Waals surface area contributed by atoms with Gasteiger partial charge >= 0.3 is 5.97 Å². The highest BCUT2D eigenvalue weighted by Crippen LogP contribution is 2.29. The number of halogens is 1. The fraction of sp³-hybridized carbons (Fsp3) is 0.200. The maximum Gasteiger partial charge on any atom is 0.312 e. The Balaban J connectivity index is 1.55. The van der Waals surface area contributed by atoms with E-state index in [4.69, 9.17) is 4.74 Å². The third-order valence-electron chi connectivity index (χ3n) is 5.28. The molecule has 0 bridgehead atoms. The average Bonchev–Trinajstić information content (AvgIpc) is 3.28. The van der Waals surface area contributed by atoms with E-state index in [9.17, 15) is 14.3 Å². The van der Waals surface area contributed by atoms with Crippen LogP contribution in [0.2, 0.25) is 0 Å². The van der Waals surface area contributed by atoms with E-state index in [0.717, 1.165) is 16.8 Å². The van der Waals surface area contributed by atoms with Crippen LogP contribution in [-0.2, 0) is 4.79 Å². The summed E-state index contributed by atoms with van der Waals surface area (Å²) >= 11 is 0. The Bertz CT molecular complexity index is 1300. The lowest BCUT2D eigenvalue weighted by molar-refractivity contribution is -0.148. The number of hydrogen-bond donors (Lipinski definition) is 2. The monoisotopic (exact) mass is 446 g/mol. The van der Waals surface area contributed by atoms with Gasteiger partial charge in [-0.05, 0) is 38.0 Å². The molecule has 1 aromatic carbocycles. The highest BCUT2D eigenvalue weighted by atomic mass is 19.1. The first-order valence-corrected chi connectivity index (χ1v) is 10.3. The van der Waals surface area contributed by atoms with Crippen LogP contribution in [0.3, 0.4) is 0 Å². The van der Waals surface area contributed by atoms with Gasteiger partial charge in [-0.3, -0.25) is 4.79 Å². The molecule has 168 valence electrons. The Kier molecular flexibility index (Phi) is 5.91. The maximum atomic E-state index is 14.9. The smallest absolute Gasteiger partial charge is 0.312 e. The van der Waals surface area contributed by atoms with Crippen molar-refractivity contribution in [3.63, 3.8) is 0 Å². The molecule has 0 atom stereocenters. The van der Waals surface area contributed by atoms with Gasteiger partial charge in [-0.1, -0.05) is 30.3 Å². The Morgan fingerprint density at radius 2 is 1.82 bits per heavy atom. The van der Waals surface area contributed by atoms with Crippen LogP contribution in [0.25, 0.3) is 33.9 Å². The number of nitrogens with zero attached hydrogens (tertiary/aromatic N) is 3. The van der Waals surface area contributed by atoms with Crippen LogP contribution in [0.5, 0.6) is 5.88 Å². The second-order valence-corrected chi connectivity index (χ2v) is 8.38. The van der Waals surface area contributed by atoms with Gasteiger partial charge in [0.2, 0.25) is 5.88 Å². The number of pyridine rings is 2. The second kappa shape index (κ2) is 8.82. The minimum atomic E-state index is -1.04. The van der Waals surface area contributed by atoms with E-state index >= 15 is 0 Å². The van der Waals surface area contributed by atoms with Gasteiger partial charge < -0.3 is 14.8 Å². The topological polar surface area (TPSA) is 101 Å². The highest BCUT2D eigenvalue weighted by Gasteiger charge is 2.28. The lowest BCUT2D eigenvalue weighted by Crippen LogP contribution is -2.30. The summed E-state index contributed by atoms with van der Waals surface area (Å²) in [6.45, 7) is 4.98. The van der Waals surface area contributed by atoms with Crippen LogP contribution in [0.15, 0.2) is 61.1 Å². The van der Waals surface area contributed by atoms with Crippen molar-refractivity contribution in [2.75, 3.05) is 6.61 Å². The van der Waals surface area contributed by atoms with Crippen molar-refractivity contribution >= 4 is 5.97 Å². The summed E-state index contributed by atoms with van der Waals surface area (Å²) in [5, 5.41) is 9.21. The van der Waals surface area contributed by atoms with Gasteiger partial charge in [-0.25, -0.2) is 19.3 Å². The predicted molar refractivity (Wildman–Crippen MR) is 122 cm³/mol. The van der Waals surface area contributed by atoms with Crippen molar-refractivity contribution in [3.8, 4) is 39.8 Å². The second-order valence-electron chi connectivity index (χ2n) is 8.38. The molecule has 8 heteroatoms. The number of imidazole rings is 1. The molecule has 0 unspecified atom stereocenters. The number of H-pyrrole nitrogens is 1. The van der Waals surface area contributed by atoms with E-state index in [1.54, 1.807) is 38.5 Å². The molecule has 0 spiro atoms. The van der Waals surface area contributed by atoms with Gasteiger partial charge in [0.15, 0.2) is 11.6 Å². The zero-order valence-corrected chi connectivity index (χ0v) is 18.5. The number of carboxylic acid groups (broad SMARTS) is 1. The average molecular weight is 446 g/mol. The number of hydrogen-bond acceptors (Lipinski definition) is 5. The molecule has 0 fully saturated rings. The first kappa shape index (κ1) is 22.1. The van der Waals surface area contributed by atoms with Crippen LogP contribution in [0.1, 0.15) is 19.4 Å². The Labute approximate surface area is 190 Å². The zero-order valence-electron chi connectivity index (χ0n) is 18.5. The molecular weight excluding hydrogens is 423 g/mol. The molecule has 4 aromatic rings. The van der Waals surface area contributed by atoms with Gasteiger partial charge in [0, 0.05) is 29.6 Å². The summed E-state index contributed by atoms with van der Waals surface area (Å²) in [6.07, 6.45) is 4.79. The van der Waals surface area contributed by atoms with Crippen molar-refractivity contribution in [1.82, 2.24) is 19.9 Å². The molecule has 0 amide bonds. The number of rotatable bonds is 7. The minimum absolute atomic E-state index is 0.0207. The summed E-state index contributed by atoms with van der Waals surface area (Å²) in [5.41, 5.74) is 2.87. The molecule has 3 heterocycles. The molecule has 7 nitrogen and oxygen atoms in total. The highest BCUT2D eigenvalue weighted by molar-refractivity contribution is 5.73. The summed E-state index contributed by atoms with van der Waals surface area (Å²) in [5.74, 6) is -0.813. The fourth-order valence-corrected chi connectivity index (χ4v) is 3.19. The summed E-state index contributed by atoms with van der Waals surface area (Å²) in [7, 11) is 0. The van der Waals surface area contributed by atoms with E-state index in [1.807, 2.05) is 37.3 Å². The molecule has 4 rings (SSSR count). The van der Waals surface area contributed by atoms with Gasteiger partial charge in [-0.2, -0.15) is 0 Å².